The first kappa shape index (κ1) is 78.1. The number of carbonyl (C=O) groups excluding carboxylic acids is 2. The minimum atomic E-state index is -0.840. The van der Waals surface area contributed by atoms with Crippen LogP contribution in [0.15, 0.2) is 36.5 Å². The summed E-state index contributed by atoms with van der Waals surface area (Å²) in [6.07, 6.45) is 89.7. The Labute approximate surface area is 500 Å². The van der Waals surface area contributed by atoms with Crippen LogP contribution in [-0.2, 0) is 14.3 Å². The summed E-state index contributed by atoms with van der Waals surface area (Å²) in [6.45, 7) is 4.89. The first-order chi connectivity index (χ1) is 39.5. The zero-order valence-corrected chi connectivity index (χ0v) is 54.1. The Kier molecular flexibility index (Phi) is 67.9. The molecule has 2 atom stereocenters. The Hall–Kier alpha value is -1.92. The van der Waals surface area contributed by atoms with Crippen LogP contribution in [-0.4, -0.2) is 47.4 Å². The van der Waals surface area contributed by atoms with E-state index in [4.69, 9.17) is 4.74 Å². The van der Waals surface area contributed by atoms with Crippen LogP contribution >= 0.6 is 0 Å². The summed E-state index contributed by atoms with van der Waals surface area (Å²) in [5.74, 6) is -0.0509. The maximum absolute atomic E-state index is 12.5. The van der Waals surface area contributed by atoms with Crippen molar-refractivity contribution in [2.24, 2.45) is 0 Å². The van der Waals surface area contributed by atoms with E-state index in [0.717, 1.165) is 44.9 Å². The molecule has 0 bridgehead atoms. The highest BCUT2D eigenvalue weighted by atomic mass is 16.5. The summed E-state index contributed by atoms with van der Waals surface area (Å²) < 4.78 is 5.47. The molecule has 3 N–H and O–H groups in total. The van der Waals surface area contributed by atoms with Crippen molar-refractivity contribution in [1.82, 2.24) is 5.32 Å². The number of hydrogen-bond donors (Lipinski definition) is 3. The van der Waals surface area contributed by atoms with E-state index < -0.39 is 12.1 Å². The van der Waals surface area contributed by atoms with Crippen molar-refractivity contribution in [3.8, 4) is 0 Å². The minimum absolute atomic E-state index is 0.0113. The molecule has 0 spiro atoms. The van der Waals surface area contributed by atoms with E-state index >= 15 is 0 Å². The largest absolute Gasteiger partial charge is 0.466 e. The second-order valence-corrected chi connectivity index (χ2v) is 24.9. The standard InChI is InChI=1S/C74H141NO5/c1-3-5-7-9-11-13-15-43-47-50-54-58-62-66-72(77)71(70-76)75-73(78)67-63-59-55-51-48-44-41-39-37-35-33-31-29-27-25-23-21-19-17-16-18-20-22-24-26-28-30-32-34-36-38-40-42-45-49-53-57-61-65-69-80-74(79)68-64-60-56-52-46-14-12-10-8-6-4-2/h10,12,16-17,62,66,71-72,76-77H,3-9,11,13-15,18-61,63-65,67-70H2,1-2H3,(H,75,78)/b12-10-,17-16-,66-62+. The minimum Gasteiger partial charge on any atom is -0.466 e. The third-order valence-corrected chi connectivity index (χ3v) is 16.9. The van der Waals surface area contributed by atoms with Gasteiger partial charge >= 0.3 is 5.97 Å². The van der Waals surface area contributed by atoms with Crippen molar-refractivity contribution in [3.63, 3.8) is 0 Å². The van der Waals surface area contributed by atoms with Gasteiger partial charge in [0, 0.05) is 12.8 Å². The number of esters is 1. The molecule has 472 valence electrons. The molecule has 0 saturated carbocycles. The topological polar surface area (TPSA) is 95.9 Å². The molecular weight excluding hydrogens is 983 g/mol. The van der Waals surface area contributed by atoms with Gasteiger partial charge in [-0.15, -0.1) is 0 Å². The summed E-state index contributed by atoms with van der Waals surface area (Å²) in [5, 5.41) is 23.1. The molecule has 0 aliphatic carbocycles. The van der Waals surface area contributed by atoms with E-state index in [2.05, 4.69) is 43.5 Å². The van der Waals surface area contributed by atoms with Gasteiger partial charge in [0.05, 0.1) is 25.4 Å². The number of hydrogen-bond acceptors (Lipinski definition) is 5. The molecule has 0 rings (SSSR count). The fourth-order valence-electron chi connectivity index (χ4n) is 11.3. The van der Waals surface area contributed by atoms with Crippen molar-refractivity contribution in [2.45, 2.75) is 411 Å². The number of ether oxygens (including phenoxy) is 1. The Bertz CT molecular complexity index is 1300. The number of nitrogens with one attached hydrogen (secondary N) is 1. The summed E-state index contributed by atoms with van der Waals surface area (Å²) in [7, 11) is 0. The smallest absolute Gasteiger partial charge is 0.305 e. The molecular formula is C74H141NO5. The highest BCUT2D eigenvalue weighted by Crippen LogP contribution is 2.19. The van der Waals surface area contributed by atoms with E-state index in [1.54, 1.807) is 6.08 Å². The monoisotopic (exact) mass is 1120 g/mol. The van der Waals surface area contributed by atoms with Crippen LogP contribution in [0.2, 0.25) is 0 Å². The van der Waals surface area contributed by atoms with E-state index in [-0.39, 0.29) is 18.5 Å². The first-order valence-electron chi connectivity index (χ1n) is 36.3. The Morgan fingerprint density at radius 2 is 0.600 bits per heavy atom. The van der Waals surface area contributed by atoms with Gasteiger partial charge in [0.25, 0.3) is 0 Å². The van der Waals surface area contributed by atoms with Gasteiger partial charge in [-0.25, -0.2) is 0 Å². The molecule has 0 aromatic carbocycles. The predicted molar refractivity (Wildman–Crippen MR) is 352 cm³/mol. The van der Waals surface area contributed by atoms with E-state index in [9.17, 15) is 19.8 Å². The molecule has 0 heterocycles. The van der Waals surface area contributed by atoms with Gasteiger partial charge in [0.2, 0.25) is 5.91 Å². The Morgan fingerprint density at radius 3 is 0.925 bits per heavy atom. The quantitative estimate of drug-likeness (QED) is 0.0320. The maximum Gasteiger partial charge on any atom is 0.305 e. The van der Waals surface area contributed by atoms with Crippen molar-refractivity contribution < 1.29 is 24.5 Å². The van der Waals surface area contributed by atoms with Gasteiger partial charge in [-0.3, -0.25) is 9.59 Å². The lowest BCUT2D eigenvalue weighted by Gasteiger charge is -2.20. The maximum atomic E-state index is 12.5. The second-order valence-electron chi connectivity index (χ2n) is 24.9. The average molecular weight is 1120 g/mol. The molecule has 0 fully saturated rings. The van der Waals surface area contributed by atoms with Gasteiger partial charge < -0.3 is 20.3 Å². The molecule has 0 aromatic heterocycles. The van der Waals surface area contributed by atoms with Crippen LogP contribution < -0.4 is 5.32 Å². The molecule has 2 unspecified atom stereocenters. The van der Waals surface area contributed by atoms with Gasteiger partial charge in [-0.05, 0) is 77.0 Å². The fraction of sp³-hybridized carbons (Fsp3) is 0.892. The molecule has 1 amide bonds. The van der Waals surface area contributed by atoms with E-state index in [0.29, 0.717) is 19.4 Å². The summed E-state index contributed by atoms with van der Waals surface area (Å²) in [4.78, 5) is 24.5. The normalized spacial score (nSPS) is 12.7. The third kappa shape index (κ3) is 65.2. The van der Waals surface area contributed by atoms with E-state index in [1.165, 1.54) is 327 Å². The van der Waals surface area contributed by atoms with Crippen LogP contribution in [0.25, 0.3) is 0 Å². The lowest BCUT2D eigenvalue weighted by atomic mass is 10.0. The molecule has 0 radical (unpaired) electrons. The molecule has 0 aromatic rings. The van der Waals surface area contributed by atoms with Crippen LogP contribution in [0, 0.1) is 0 Å². The van der Waals surface area contributed by atoms with Crippen molar-refractivity contribution >= 4 is 11.9 Å². The summed E-state index contributed by atoms with van der Waals surface area (Å²) >= 11 is 0. The SMILES string of the molecule is CCCC/C=C\CCCCCCCC(=O)OCCCCCCCCCCCCCCCCCCCC/C=C\CCCCCCCCCCCCCCCCCCCC(=O)NC(CO)C(O)/C=C/CCCCCCCCCCCCC. The van der Waals surface area contributed by atoms with Crippen molar-refractivity contribution in [1.29, 1.82) is 0 Å². The second kappa shape index (κ2) is 69.6. The van der Waals surface area contributed by atoms with Crippen LogP contribution in [0.4, 0.5) is 0 Å². The molecule has 0 aliphatic rings. The van der Waals surface area contributed by atoms with Gasteiger partial charge in [0.15, 0.2) is 0 Å². The van der Waals surface area contributed by atoms with Crippen molar-refractivity contribution in [3.05, 3.63) is 36.5 Å². The van der Waals surface area contributed by atoms with Gasteiger partial charge in [0.1, 0.15) is 0 Å². The Morgan fingerprint density at radius 1 is 0.338 bits per heavy atom. The third-order valence-electron chi connectivity index (χ3n) is 16.9. The van der Waals surface area contributed by atoms with Crippen LogP contribution in [0.3, 0.4) is 0 Å². The highest BCUT2D eigenvalue weighted by molar-refractivity contribution is 5.76. The lowest BCUT2D eigenvalue weighted by molar-refractivity contribution is -0.143. The van der Waals surface area contributed by atoms with Crippen LogP contribution in [0.5, 0.6) is 0 Å². The number of aliphatic hydroxyl groups excluding tert-OH is 2. The van der Waals surface area contributed by atoms with Gasteiger partial charge in [-0.2, -0.15) is 0 Å². The fourth-order valence-corrected chi connectivity index (χ4v) is 11.3. The molecule has 6 nitrogen and oxygen atoms in total. The number of rotatable bonds is 68. The van der Waals surface area contributed by atoms with Crippen molar-refractivity contribution in [2.75, 3.05) is 13.2 Å². The number of carbonyl (C=O) groups is 2. The predicted octanol–water partition coefficient (Wildman–Crippen LogP) is 23.5. The Balaban J connectivity index is 3.32. The number of aliphatic hydroxyl groups is 2. The molecule has 0 aliphatic heterocycles. The number of amides is 1. The summed E-state index contributed by atoms with van der Waals surface area (Å²) in [6, 6.07) is -0.624. The summed E-state index contributed by atoms with van der Waals surface area (Å²) in [5.41, 5.74) is 0. The highest BCUT2D eigenvalue weighted by Gasteiger charge is 2.18. The average Bonchev–Trinajstić information content (AvgIpc) is 3.46. The lowest BCUT2D eigenvalue weighted by Crippen LogP contribution is -2.45. The van der Waals surface area contributed by atoms with Gasteiger partial charge in [-0.1, -0.05) is 346 Å². The molecule has 80 heavy (non-hydrogen) atoms. The van der Waals surface area contributed by atoms with Crippen LogP contribution in [0.1, 0.15) is 399 Å². The molecule has 0 saturated heterocycles. The number of allylic oxidation sites excluding steroid dienone is 5. The zero-order valence-electron chi connectivity index (χ0n) is 54.1. The number of unbranched alkanes of at least 4 members (excludes halogenated alkanes) is 53. The first-order valence-corrected chi connectivity index (χ1v) is 36.3. The van der Waals surface area contributed by atoms with E-state index in [1.807, 2.05) is 6.08 Å². The zero-order chi connectivity index (χ0) is 57.8. The molecule has 6 heteroatoms.